The first-order valence-corrected chi connectivity index (χ1v) is 9.63. The second-order valence-electron chi connectivity index (χ2n) is 6.05. The lowest BCUT2D eigenvalue weighted by molar-refractivity contribution is 0.306. The summed E-state index contributed by atoms with van der Waals surface area (Å²) < 4.78 is 7.97. The summed E-state index contributed by atoms with van der Waals surface area (Å²) in [6.45, 7) is 2.57. The highest BCUT2D eigenvalue weighted by Crippen LogP contribution is 2.18. The lowest BCUT2D eigenvalue weighted by Crippen LogP contribution is -1.99. The van der Waals surface area contributed by atoms with Gasteiger partial charge in [0.1, 0.15) is 12.4 Å². The third-order valence-electron chi connectivity index (χ3n) is 4.03. The largest absolute Gasteiger partial charge is 0.489 e. The Kier molecular flexibility index (Phi) is 6.79. The Hall–Kier alpha value is -2.44. The number of nitrogens with zero attached hydrogens (tertiary/aromatic N) is 3. The van der Waals surface area contributed by atoms with Gasteiger partial charge in [-0.15, -0.1) is 0 Å². The highest BCUT2D eigenvalue weighted by Gasteiger charge is 2.04. The van der Waals surface area contributed by atoms with Crippen LogP contribution in [0.1, 0.15) is 36.7 Å². The van der Waals surface area contributed by atoms with Crippen molar-refractivity contribution in [1.82, 2.24) is 14.9 Å². The molecular formula is C20H21ClN4OS. The molecule has 3 aromatic rings. The van der Waals surface area contributed by atoms with Crippen LogP contribution in [0.5, 0.6) is 5.75 Å². The number of ether oxygens (including phenoxy) is 1. The van der Waals surface area contributed by atoms with Crippen molar-refractivity contribution < 1.29 is 4.74 Å². The van der Waals surface area contributed by atoms with Gasteiger partial charge in [0, 0.05) is 17.0 Å². The van der Waals surface area contributed by atoms with Crippen molar-refractivity contribution in [3.63, 3.8) is 0 Å². The summed E-state index contributed by atoms with van der Waals surface area (Å²) in [6, 6.07) is 15.4. The monoisotopic (exact) mass is 400 g/mol. The maximum atomic E-state index is 6.15. The highest BCUT2D eigenvalue weighted by molar-refractivity contribution is 7.71. The Morgan fingerprint density at radius 2 is 2.00 bits per heavy atom. The minimum atomic E-state index is 0.429. The van der Waals surface area contributed by atoms with Crippen molar-refractivity contribution in [2.75, 3.05) is 0 Å². The van der Waals surface area contributed by atoms with Crippen LogP contribution < -0.4 is 4.74 Å². The zero-order chi connectivity index (χ0) is 19.1. The molecule has 140 valence electrons. The van der Waals surface area contributed by atoms with Crippen LogP contribution in [0.3, 0.4) is 0 Å². The summed E-state index contributed by atoms with van der Waals surface area (Å²) >= 11 is 11.4. The van der Waals surface area contributed by atoms with Crippen molar-refractivity contribution in [3.05, 3.63) is 75.3 Å². The van der Waals surface area contributed by atoms with Gasteiger partial charge >= 0.3 is 0 Å². The molecule has 0 aliphatic carbocycles. The number of aryl methyl sites for hydroxylation is 1. The van der Waals surface area contributed by atoms with Gasteiger partial charge in [0.25, 0.3) is 0 Å². The van der Waals surface area contributed by atoms with Crippen molar-refractivity contribution in [2.45, 2.75) is 32.8 Å². The molecule has 5 nitrogen and oxygen atoms in total. The molecule has 0 atom stereocenters. The van der Waals surface area contributed by atoms with Crippen LogP contribution in [0.4, 0.5) is 0 Å². The fourth-order valence-corrected chi connectivity index (χ4v) is 2.88. The van der Waals surface area contributed by atoms with Crippen molar-refractivity contribution in [2.24, 2.45) is 5.10 Å². The third-order valence-corrected chi connectivity index (χ3v) is 4.66. The molecular weight excluding hydrogens is 380 g/mol. The molecule has 2 aromatic carbocycles. The number of unbranched alkanes of at least 4 members (excludes halogenated alkanes) is 1. The average Bonchev–Trinajstić information content (AvgIpc) is 3.04. The summed E-state index contributed by atoms with van der Waals surface area (Å²) in [5, 5.41) is 12.2. The van der Waals surface area contributed by atoms with Gasteiger partial charge in [0.05, 0.1) is 6.21 Å². The van der Waals surface area contributed by atoms with Gasteiger partial charge in [-0.25, -0.2) is 0 Å². The van der Waals surface area contributed by atoms with Gasteiger partial charge < -0.3 is 4.74 Å². The molecule has 0 aliphatic heterocycles. The molecule has 0 spiro atoms. The van der Waals surface area contributed by atoms with E-state index >= 15 is 0 Å². The summed E-state index contributed by atoms with van der Waals surface area (Å²) in [5.74, 6) is 1.62. The first kappa shape index (κ1) is 19.3. The molecule has 0 saturated carbocycles. The number of aromatic nitrogens is 3. The second kappa shape index (κ2) is 9.48. The van der Waals surface area contributed by atoms with Crippen molar-refractivity contribution >= 4 is 30.0 Å². The molecule has 3 rings (SSSR count). The summed E-state index contributed by atoms with van der Waals surface area (Å²) in [7, 11) is 0. The first-order valence-electron chi connectivity index (χ1n) is 8.84. The van der Waals surface area contributed by atoms with E-state index in [4.69, 9.17) is 28.6 Å². The first-order chi connectivity index (χ1) is 13.2. The Bertz CT molecular complexity index is 963. The molecule has 1 N–H and O–H groups in total. The van der Waals surface area contributed by atoms with Crippen LogP contribution in [-0.2, 0) is 13.0 Å². The molecule has 7 heteroatoms. The fraction of sp³-hybridized carbons (Fsp3) is 0.250. The van der Waals surface area contributed by atoms with Gasteiger partial charge in [-0.1, -0.05) is 43.1 Å². The molecule has 0 amide bonds. The van der Waals surface area contributed by atoms with E-state index in [1.54, 1.807) is 10.9 Å². The lowest BCUT2D eigenvalue weighted by atomic mass is 10.2. The third kappa shape index (κ3) is 5.28. The Morgan fingerprint density at radius 3 is 2.74 bits per heavy atom. The zero-order valence-electron chi connectivity index (χ0n) is 15.1. The number of rotatable bonds is 8. The number of hydrogen-bond donors (Lipinski definition) is 1. The molecule has 0 aliphatic rings. The van der Waals surface area contributed by atoms with Crippen LogP contribution in [0.25, 0.3) is 0 Å². The molecule has 0 radical (unpaired) electrons. The van der Waals surface area contributed by atoms with Gasteiger partial charge in [-0.3, -0.25) is 5.10 Å². The minimum absolute atomic E-state index is 0.429. The maximum absolute atomic E-state index is 6.15. The van der Waals surface area contributed by atoms with Gasteiger partial charge in [0.2, 0.25) is 4.77 Å². The molecule has 1 aromatic heterocycles. The second-order valence-corrected chi connectivity index (χ2v) is 6.85. The van der Waals surface area contributed by atoms with E-state index in [1.165, 1.54) is 0 Å². The Balaban J connectivity index is 1.64. The van der Waals surface area contributed by atoms with Crippen molar-refractivity contribution in [1.29, 1.82) is 0 Å². The summed E-state index contributed by atoms with van der Waals surface area (Å²) in [6.07, 6.45) is 4.75. The van der Waals surface area contributed by atoms with Crippen LogP contribution in [0, 0.1) is 4.77 Å². The number of aromatic amines is 1. The fourth-order valence-electron chi connectivity index (χ4n) is 2.49. The van der Waals surface area contributed by atoms with Gasteiger partial charge in [0.15, 0.2) is 5.82 Å². The smallest absolute Gasteiger partial charge is 0.216 e. The standard InChI is InChI=1S/C20H21ClN4OS/c1-2-3-8-19-23-24-20(27)25(19)22-13-15-9-11-17(12-10-15)26-14-16-6-4-5-7-18(16)21/h4-7,9-13H,2-3,8,14H2,1H3,(H,24,27)/b22-13+. The lowest BCUT2D eigenvalue weighted by Gasteiger charge is -2.07. The van der Waals surface area contributed by atoms with E-state index in [2.05, 4.69) is 22.2 Å². The van der Waals surface area contributed by atoms with Crippen LogP contribution >= 0.6 is 23.8 Å². The normalized spacial score (nSPS) is 11.2. The molecule has 0 saturated heterocycles. The minimum Gasteiger partial charge on any atom is -0.489 e. The highest BCUT2D eigenvalue weighted by atomic mass is 35.5. The van der Waals surface area contributed by atoms with Crippen molar-refractivity contribution in [3.8, 4) is 5.75 Å². The van der Waals surface area contributed by atoms with Crippen LogP contribution in [0.15, 0.2) is 53.6 Å². The van der Waals surface area contributed by atoms with Gasteiger partial charge in [-0.05, 0) is 54.5 Å². The number of H-pyrrole nitrogens is 1. The molecule has 0 unspecified atom stereocenters. The maximum Gasteiger partial charge on any atom is 0.216 e. The molecule has 1 heterocycles. The summed E-state index contributed by atoms with van der Waals surface area (Å²) in [4.78, 5) is 0. The van der Waals surface area contributed by atoms with E-state index in [0.717, 1.165) is 42.0 Å². The van der Waals surface area contributed by atoms with E-state index in [9.17, 15) is 0 Å². The number of halogens is 1. The predicted octanol–water partition coefficient (Wildman–Crippen LogP) is 5.40. The number of hydrogen-bond acceptors (Lipinski definition) is 4. The zero-order valence-corrected chi connectivity index (χ0v) is 16.6. The van der Waals surface area contributed by atoms with Gasteiger partial charge in [-0.2, -0.15) is 14.9 Å². The summed E-state index contributed by atoms with van der Waals surface area (Å²) in [5.41, 5.74) is 1.91. The molecule has 27 heavy (non-hydrogen) atoms. The molecule has 0 bridgehead atoms. The quantitative estimate of drug-likeness (QED) is 0.407. The Morgan fingerprint density at radius 1 is 1.22 bits per heavy atom. The Labute approximate surface area is 168 Å². The predicted molar refractivity (Wildman–Crippen MR) is 111 cm³/mol. The van der Waals surface area contributed by atoms with Crippen LogP contribution in [-0.4, -0.2) is 21.1 Å². The number of benzene rings is 2. The van der Waals surface area contributed by atoms with E-state index in [-0.39, 0.29) is 0 Å². The van der Waals surface area contributed by atoms with E-state index < -0.39 is 0 Å². The topological polar surface area (TPSA) is 55.2 Å². The molecule has 0 fully saturated rings. The SMILES string of the molecule is CCCCc1n[nH]c(=S)n1/N=C/c1ccc(OCc2ccccc2Cl)cc1. The average molecular weight is 401 g/mol. The van der Waals surface area contributed by atoms with Crippen LogP contribution in [0.2, 0.25) is 5.02 Å². The van der Waals surface area contributed by atoms with E-state index in [0.29, 0.717) is 16.4 Å². The number of nitrogens with one attached hydrogen (secondary N) is 1. The van der Waals surface area contributed by atoms with E-state index in [1.807, 2.05) is 48.5 Å².